The van der Waals surface area contributed by atoms with E-state index in [2.05, 4.69) is 11.0 Å². The van der Waals surface area contributed by atoms with Crippen molar-refractivity contribution in [2.24, 2.45) is 0 Å². The number of benzene rings is 1. The molecule has 0 radical (unpaired) electrons. The van der Waals surface area contributed by atoms with E-state index in [1.165, 1.54) is 0 Å². The number of carboxylic acid groups (broad SMARTS) is 1. The highest BCUT2D eigenvalue weighted by atomic mass is 16.4. The zero-order chi connectivity index (χ0) is 14.3. The molecule has 0 aliphatic rings. The van der Waals surface area contributed by atoms with Crippen molar-refractivity contribution in [2.45, 2.75) is 25.9 Å². The van der Waals surface area contributed by atoms with Crippen LogP contribution in [-0.4, -0.2) is 29.1 Å². The smallest absolute Gasteiger partial charge is 0.328 e. The maximum absolute atomic E-state index is 10.5. The molecule has 1 atom stereocenters. The molecule has 0 fully saturated rings. The molecule has 0 aliphatic heterocycles. The van der Waals surface area contributed by atoms with Crippen molar-refractivity contribution in [3.8, 4) is 6.07 Å². The predicted octanol–water partition coefficient (Wildman–Crippen LogP) is 2.52. The fourth-order valence-electron chi connectivity index (χ4n) is 1.69. The highest BCUT2D eigenvalue weighted by Gasteiger charge is 2.08. The molecule has 4 heteroatoms. The van der Waals surface area contributed by atoms with E-state index in [1.807, 2.05) is 38.2 Å². The van der Waals surface area contributed by atoms with Gasteiger partial charge >= 0.3 is 5.97 Å². The van der Waals surface area contributed by atoms with E-state index in [-0.39, 0.29) is 6.04 Å². The average Bonchev–Trinajstić information content (AvgIpc) is 2.37. The zero-order valence-electron chi connectivity index (χ0n) is 11.2. The van der Waals surface area contributed by atoms with Gasteiger partial charge in [-0.05, 0) is 31.2 Å². The van der Waals surface area contributed by atoms with E-state index < -0.39 is 5.97 Å². The molecular formula is C15H18N2O2. The second-order valence-electron chi connectivity index (χ2n) is 4.54. The molecule has 0 saturated heterocycles. The zero-order valence-corrected chi connectivity index (χ0v) is 11.2. The first kappa shape index (κ1) is 14.9. The Morgan fingerprint density at radius 2 is 2.32 bits per heavy atom. The van der Waals surface area contributed by atoms with Gasteiger partial charge in [-0.25, -0.2) is 4.79 Å². The van der Waals surface area contributed by atoms with Crippen LogP contribution in [0.1, 0.15) is 24.5 Å². The summed E-state index contributed by atoms with van der Waals surface area (Å²) in [6.07, 6.45) is 3.20. The minimum Gasteiger partial charge on any atom is -0.478 e. The van der Waals surface area contributed by atoms with Gasteiger partial charge in [0.2, 0.25) is 0 Å². The van der Waals surface area contributed by atoms with E-state index in [0.29, 0.717) is 6.42 Å². The highest BCUT2D eigenvalue weighted by molar-refractivity contribution is 5.85. The van der Waals surface area contributed by atoms with Crippen LogP contribution in [0.5, 0.6) is 0 Å². The Balaban J connectivity index is 2.72. The molecule has 1 aromatic rings. The summed E-state index contributed by atoms with van der Waals surface area (Å²) in [7, 11) is 1.97. The molecular weight excluding hydrogens is 240 g/mol. The van der Waals surface area contributed by atoms with Gasteiger partial charge < -0.3 is 5.11 Å². The van der Waals surface area contributed by atoms with E-state index in [1.54, 1.807) is 6.08 Å². The Morgan fingerprint density at radius 3 is 2.95 bits per heavy atom. The minimum atomic E-state index is -0.954. The van der Waals surface area contributed by atoms with Crippen LogP contribution in [0.25, 0.3) is 6.08 Å². The first-order chi connectivity index (χ1) is 9.02. The number of carboxylic acids is 1. The molecule has 4 nitrogen and oxygen atoms in total. The van der Waals surface area contributed by atoms with Gasteiger partial charge in [0.25, 0.3) is 0 Å². The molecule has 0 heterocycles. The molecule has 0 saturated carbocycles. The largest absolute Gasteiger partial charge is 0.478 e. The van der Waals surface area contributed by atoms with Gasteiger partial charge in [0.05, 0.1) is 12.5 Å². The van der Waals surface area contributed by atoms with Crippen LogP contribution in [0.3, 0.4) is 0 Å². The topological polar surface area (TPSA) is 64.3 Å². The van der Waals surface area contributed by atoms with Gasteiger partial charge in [-0.3, -0.25) is 4.90 Å². The summed E-state index contributed by atoms with van der Waals surface area (Å²) < 4.78 is 0. The molecule has 100 valence electrons. The van der Waals surface area contributed by atoms with Crippen molar-refractivity contribution in [1.29, 1.82) is 5.26 Å². The van der Waals surface area contributed by atoms with Crippen molar-refractivity contribution < 1.29 is 9.90 Å². The third-order valence-electron chi connectivity index (χ3n) is 2.94. The summed E-state index contributed by atoms with van der Waals surface area (Å²) in [5.74, 6) is -0.954. The normalized spacial score (nSPS) is 12.5. The van der Waals surface area contributed by atoms with Crippen molar-refractivity contribution in [2.75, 3.05) is 7.05 Å². The fraction of sp³-hybridized carbons (Fsp3) is 0.333. The highest BCUT2D eigenvalue weighted by Crippen LogP contribution is 2.11. The lowest BCUT2D eigenvalue weighted by atomic mass is 10.1. The molecule has 1 rings (SSSR count). The van der Waals surface area contributed by atoms with Gasteiger partial charge in [0.1, 0.15) is 0 Å². The number of aliphatic carboxylic acids is 1. The van der Waals surface area contributed by atoms with Gasteiger partial charge in [-0.15, -0.1) is 0 Å². The number of hydrogen-bond acceptors (Lipinski definition) is 3. The summed E-state index contributed by atoms with van der Waals surface area (Å²) in [4.78, 5) is 12.6. The van der Waals surface area contributed by atoms with Crippen LogP contribution in [-0.2, 0) is 11.3 Å². The van der Waals surface area contributed by atoms with Crippen molar-refractivity contribution in [3.05, 3.63) is 41.5 Å². The van der Waals surface area contributed by atoms with Crippen LogP contribution in [0, 0.1) is 11.3 Å². The fourth-order valence-corrected chi connectivity index (χ4v) is 1.69. The van der Waals surface area contributed by atoms with Gasteiger partial charge in [-0.2, -0.15) is 5.26 Å². The Morgan fingerprint density at radius 1 is 1.58 bits per heavy atom. The standard InChI is InChI=1S/C15H18N2O2/c1-12(8-9-16)17(2)11-14-5-3-4-13(10-14)6-7-15(18)19/h3-7,10,12H,8,11H2,1-2H3,(H,18,19)/b7-6+. The molecule has 1 unspecified atom stereocenters. The summed E-state index contributed by atoms with van der Waals surface area (Å²) in [5, 5.41) is 17.3. The number of nitriles is 1. The lowest BCUT2D eigenvalue weighted by molar-refractivity contribution is -0.131. The second-order valence-corrected chi connectivity index (χ2v) is 4.54. The molecule has 0 spiro atoms. The third kappa shape index (κ3) is 5.36. The molecule has 0 aromatic heterocycles. The predicted molar refractivity (Wildman–Crippen MR) is 74.3 cm³/mol. The van der Waals surface area contributed by atoms with E-state index in [4.69, 9.17) is 10.4 Å². The molecule has 19 heavy (non-hydrogen) atoms. The number of hydrogen-bond donors (Lipinski definition) is 1. The lowest BCUT2D eigenvalue weighted by Gasteiger charge is -2.22. The van der Waals surface area contributed by atoms with E-state index >= 15 is 0 Å². The Bertz CT molecular complexity index is 503. The first-order valence-electron chi connectivity index (χ1n) is 6.10. The molecule has 0 aliphatic carbocycles. The number of carbonyl (C=O) groups is 1. The Hall–Kier alpha value is -2.12. The van der Waals surface area contributed by atoms with Crippen LogP contribution in [0.2, 0.25) is 0 Å². The maximum Gasteiger partial charge on any atom is 0.328 e. The Kier molecular flexibility index (Phi) is 5.77. The SMILES string of the molecule is CC(CC#N)N(C)Cc1cccc(/C=C/C(=O)O)c1. The minimum absolute atomic E-state index is 0.197. The van der Waals surface area contributed by atoms with Crippen molar-refractivity contribution in [1.82, 2.24) is 4.90 Å². The first-order valence-corrected chi connectivity index (χ1v) is 6.10. The quantitative estimate of drug-likeness (QED) is 0.796. The molecule has 0 bridgehead atoms. The molecule has 1 aromatic carbocycles. The second kappa shape index (κ2) is 7.34. The van der Waals surface area contributed by atoms with E-state index in [9.17, 15) is 4.79 Å². The maximum atomic E-state index is 10.5. The molecule has 0 amide bonds. The summed E-state index contributed by atoms with van der Waals surface area (Å²) in [5.41, 5.74) is 1.96. The lowest BCUT2D eigenvalue weighted by Crippen LogP contribution is -2.28. The summed E-state index contributed by atoms with van der Waals surface area (Å²) in [6, 6.07) is 10.1. The van der Waals surface area contributed by atoms with Crippen LogP contribution < -0.4 is 0 Å². The summed E-state index contributed by atoms with van der Waals surface area (Å²) >= 11 is 0. The number of nitrogens with zero attached hydrogens (tertiary/aromatic N) is 2. The molecule has 1 N–H and O–H groups in total. The van der Waals surface area contributed by atoms with Gasteiger partial charge in [0.15, 0.2) is 0 Å². The van der Waals surface area contributed by atoms with E-state index in [0.717, 1.165) is 23.7 Å². The third-order valence-corrected chi connectivity index (χ3v) is 2.94. The number of rotatable bonds is 6. The van der Waals surface area contributed by atoms with Crippen LogP contribution >= 0.6 is 0 Å². The van der Waals surface area contributed by atoms with Crippen LogP contribution in [0.4, 0.5) is 0 Å². The average molecular weight is 258 g/mol. The van der Waals surface area contributed by atoms with Crippen molar-refractivity contribution in [3.63, 3.8) is 0 Å². The van der Waals surface area contributed by atoms with Crippen molar-refractivity contribution >= 4 is 12.0 Å². The Labute approximate surface area is 113 Å². The van der Waals surface area contributed by atoms with Crippen LogP contribution in [0.15, 0.2) is 30.3 Å². The monoisotopic (exact) mass is 258 g/mol. The van der Waals surface area contributed by atoms with Gasteiger partial charge in [0, 0.05) is 18.7 Å². The summed E-state index contributed by atoms with van der Waals surface area (Å²) in [6.45, 7) is 2.75. The van der Waals surface area contributed by atoms with Gasteiger partial charge in [-0.1, -0.05) is 24.3 Å².